The highest BCUT2D eigenvalue weighted by molar-refractivity contribution is 8.14. The van der Waals surface area contributed by atoms with E-state index in [-0.39, 0.29) is 12.4 Å². The van der Waals surface area contributed by atoms with Crippen LogP contribution in [-0.4, -0.2) is 43.6 Å². The van der Waals surface area contributed by atoms with E-state index >= 15 is 0 Å². The van der Waals surface area contributed by atoms with E-state index in [2.05, 4.69) is 10.3 Å². The van der Waals surface area contributed by atoms with Gasteiger partial charge in [0.05, 0.1) is 32.2 Å². The third-order valence-electron chi connectivity index (χ3n) is 3.80. The second kappa shape index (κ2) is 9.31. The molecule has 27 heavy (non-hydrogen) atoms. The van der Waals surface area contributed by atoms with E-state index < -0.39 is 17.9 Å². The molecule has 0 aliphatic carbocycles. The van der Waals surface area contributed by atoms with Crippen LogP contribution in [0.1, 0.15) is 25.5 Å². The Balaban J connectivity index is 2.51. The summed E-state index contributed by atoms with van der Waals surface area (Å²) in [6.45, 7) is 3.74. The predicted octanol–water partition coefficient (Wildman–Crippen LogP) is 1.76. The molecule has 0 saturated heterocycles. The Hall–Kier alpha value is -2.68. The van der Waals surface area contributed by atoms with Gasteiger partial charge >= 0.3 is 5.97 Å². The van der Waals surface area contributed by atoms with Crippen molar-refractivity contribution in [3.05, 3.63) is 35.0 Å². The number of aliphatic imine (C=N–C) groups is 1. The number of nitrogens with zero attached hydrogens (tertiary/aromatic N) is 1. The number of hydrogen-bond donors (Lipinski definition) is 2. The second-order valence-electron chi connectivity index (χ2n) is 5.58. The van der Waals surface area contributed by atoms with E-state index in [4.69, 9.17) is 19.9 Å². The predicted molar refractivity (Wildman–Crippen MR) is 104 cm³/mol. The summed E-state index contributed by atoms with van der Waals surface area (Å²) in [4.78, 5) is 28.3. The van der Waals surface area contributed by atoms with Gasteiger partial charge in [0.15, 0.2) is 5.17 Å². The van der Waals surface area contributed by atoms with Crippen LogP contribution in [0.4, 0.5) is 0 Å². The molecule has 9 heteroatoms. The van der Waals surface area contributed by atoms with Gasteiger partial charge in [-0.15, -0.1) is 0 Å². The number of rotatable bonds is 7. The molecule has 0 spiro atoms. The van der Waals surface area contributed by atoms with Crippen LogP contribution in [0.5, 0.6) is 11.5 Å². The summed E-state index contributed by atoms with van der Waals surface area (Å²) >= 11 is 1.17. The maximum absolute atomic E-state index is 12.6. The SMILES string of the molecule is CCOC(=O)C1=C(C)NC(SCC(N)=O)=N[C@@H]1c1ccc(OC)cc1OC. The van der Waals surface area contributed by atoms with Crippen LogP contribution in [0.3, 0.4) is 0 Å². The van der Waals surface area contributed by atoms with Crippen LogP contribution in [0.15, 0.2) is 34.5 Å². The summed E-state index contributed by atoms with van der Waals surface area (Å²) < 4.78 is 15.9. The van der Waals surface area contributed by atoms with Crippen LogP contribution in [0.2, 0.25) is 0 Å². The molecular formula is C18H23N3O5S. The number of hydrogen-bond acceptors (Lipinski definition) is 8. The maximum Gasteiger partial charge on any atom is 0.338 e. The molecule has 3 N–H and O–H groups in total. The van der Waals surface area contributed by atoms with Crippen LogP contribution in [0.25, 0.3) is 0 Å². The van der Waals surface area contributed by atoms with Crippen LogP contribution in [0, 0.1) is 0 Å². The molecule has 1 aliphatic rings. The molecule has 1 aromatic rings. The molecule has 1 aliphatic heterocycles. The molecule has 0 fully saturated rings. The number of nitrogens with two attached hydrogens (primary N) is 1. The summed E-state index contributed by atoms with van der Waals surface area (Å²) in [7, 11) is 3.09. The zero-order chi connectivity index (χ0) is 20.0. The number of amidine groups is 1. The minimum Gasteiger partial charge on any atom is -0.497 e. The van der Waals surface area contributed by atoms with Crippen LogP contribution in [-0.2, 0) is 14.3 Å². The molecule has 0 saturated carbocycles. The Kier molecular flexibility index (Phi) is 7.12. The Morgan fingerprint density at radius 2 is 2.04 bits per heavy atom. The van der Waals surface area contributed by atoms with Crippen molar-refractivity contribution < 1.29 is 23.8 Å². The fourth-order valence-electron chi connectivity index (χ4n) is 2.60. The van der Waals surface area contributed by atoms with Crippen LogP contribution < -0.4 is 20.5 Å². The first kappa shape index (κ1) is 20.6. The average Bonchev–Trinajstić information content (AvgIpc) is 2.65. The fourth-order valence-corrected chi connectivity index (χ4v) is 3.29. The fraction of sp³-hybridized carbons (Fsp3) is 0.389. The number of thioether (sulfide) groups is 1. The minimum atomic E-state index is -0.651. The number of carbonyl (C=O) groups is 2. The molecule has 0 aromatic heterocycles. The van der Waals surface area contributed by atoms with Crippen molar-refractivity contribution in [3.63, 3.8) is 0 Å². The van der Waals surface area contributed by atoms with Gasteiger partial charge in [-0.3, -0.25) is 4.79 Å². The van der Waals surface area contributed by atoms with Crippen LogP contribution >= 0.6 is 11.8 Å². The standard InChI is InChI=1S/C18H23N3O5S/c1-5-26-17(23)15-10(2)20-18(27-9-14(19)22)21-16(15)12-7-6-11(24-3)8-13(12)25-4/h6-8,16H,5,9H2,1-4H3,(H2,19,22)(H,20,21)/t16-/m1/s1. The topological polar surface area (TPSA) is 112 Å². The maximum atomic E-state index is 12.6. The van der Waals surface area contributed by atoms with Gasteiger partial charge in [-0.05, 0) is 26.0 Å². The molecule has 2 rings (SSSR count). The molecule has 1 atom stereocenters. The Morgan fingerprint density at radius 3 is 2.63 bits per heavy atom. The first-order chi connectivity index (χ1) is 12.9. The van der Waals surface area contributed by atoms with Gasteiger partial charge in [-0.2, -0.15) is 0 Å². The van der Waals surface area contributed by atoms with Crippen molar-refractivity contribution in [2.45, 2.75) is 19.9 Å². The molecule has 1 aromatic carbocycles. The minimum absolute atomic E-state index is 0.0698. The monoisotopic (exact) mass is 393 g/mol. The number of benzene rings is 1. The molecule has 146 valence electrons. The Bertz CT molecular complexity index is 791. The van der Waals surface area contributed by atoms with E-state index in [9.17, 15) is 9.59 Å². The van der Waals surface area contributed by atoms with Gasteiger partial charge in [-0.25, -0.2) is 9.79 Å². The van der Waals surface area contributed by atoms with Crippen molar-refractivity contribution in [1.82, 2.24) is 5.32 Å². The lowest BCUT2D eigenvalue weighted by Crippen LogP contribution is -2.31. The highest BCUT2D eigenvalue weighted by Gasteiger charge is 2.32. The van der Waals surface area contributed by atoms with E-state index in [0.717, 1.165) is 0 Å². The number of carbonyl (C=O) groups excluding carboxylic acids is 2. The van der Waals surface area contributed by atoms with Gasteiger partial charge in [-0.1, -0.05) is 11.8 Å². The normalized spacial score (nSPS) is 16.3. The summed E-state index contributed by atoms with van der Waals surface area (Å²) in [6, 6.07) is 4.63. The third-order valence-corrected chi connectivity index (χ3v) is 4.71. The lowest BCUT2D eigenvalue weighted by molar-refractivity contribution is -0.139. The van der Waals surface area contributed by atoms with Gasteiger partial charge in [0.25, 0.3) is 0 Å². The quantitative estimate of drug-likeness (QED) is 0.679. The summed E-state index contributed by atoms with van der Waals surface area (Å²) in [5, 5.41) is 3.53. The van der Waals surface area contributed by atoms with Gasteiger partial charge in [0, 0.05) is 17.3 Å². The summed E-state index contributed by atoms with van der Waals surface area (Å²) in [6.07, 6.45) is 0. The van der Waals surface area contributed by atoms with Crippen molar-refractivity contribution in [2.24, 2.45) is 10.7 Å². The van der Waals surface area contributed by atoms with Gasteiger partial charge < -0.3 is 25.3 Å². The lowest BCUT2D eigenvalue weighted by atomic mass is 9.95. The van der Waals surface area contributed by atoms with E-state index in [1.807, 2.05) is 0 Å². The first-order valence-electron chi connectivity index (χ1n) is 8.27. The second-order valence-corrected chi connectivity index (χ2v) is 6.55. The van der Waals surface area contributed by atoms with Crippen molar-refractivity contribution in [2.75, 3.05) is 26.6 Å². The van der Waals surface area contributed by atoms with E-state index in [1.165, 1.54) is 18.9 Å². The van der Waals surface area contributed by atoms with E-state index in [1.54, 1.807) is 39.2 Å². The molecule has 0 bridgehead atoms. The third kappa shape index (κ3) is 4.94. The zero-order valence-corrected chi connectivity index (χ0v) is 16.5. The highest BCUT2D eigenvalue weighted by Crippen LogP contribution is 2.39. The number of primary amides is 1. The van der Waals surface area contributed by atoms with Crippen molar-refractivity contribution in [1.29, 1.82) is 0 Å². The van der Waals surface area contributed by atoms with E-state index in [0.29, 0.717) is 33.5 Å². The smallest absolute Gasteiger partial charge is 0.338 e. The number of allylic oxidation sites excluding steroid dienone is 1. The first-order valence-corrected chi connectivity index (χ1v) is 9.25. The molecule has 1 heterocycles. The van der Waals surface area contributed by atoms with Crippen molar-refractivity contribution in [3.8, 4) is 11.5 Å². The zero-order valence-electron chi connectivity index (χ0n) is 15.7. The lowest BCUT2D eigenvalue weighted by Gasteiger charge is -2.26. The number of amides is 1. The molecule has 0 radical (unpaired) electrons. The largest absolute Gasteiger partial charge is 0.497 e. The van der Waals surface area contributed by atoms with Crippen molar-refractivity contribution >= 4 is 28.8 Å². The number of ether oxygens (including phenoxy) is 3. The molecular weight excluding hydrogens is 370 g/mol. The average molecular weight is 393 g/mol. The number of esters is 1. The molecule has 1 amide bonds. The number of methoxy groups -OCH3 is 2. The highest BCUT2D eigenvalue weighted by atomic mass is 32.2. The number of nitrogens with one attached hydrogen (secondary N) is 1. The van der Waals surface area contributed by atoms with Gasteiger partial charge in [0.2, 0.25) is 5.91 Å². The summed E-state index contributed by atoms with van der Waals surface area (Å²) in [5.74, 6) is 0.295. The Labute approximate surface area is 162 Å². The molecule has 0 unspecified atom stereocenters. The summed E-state index contributed by atoms with van der Waals surface area (Å²) in [5.41, 5.74) is 6.87. The Morgan fingerprint density at radius 1 is 1.30 bits per heavy atom. The van der Waals surface area contributed by atoms with Gasteiger partial charge in [0.1, 0.15) is 17.5 Å². The molecule has 8 nitrogen and oxygen atoms in total.